The summed E-state index contributed by atoms with van der Waals surface area (Å²) in [6.45, 7) is 3.43. The van der Waals surface area contributed by atoms with Crippen molar-refractivity contribution in [2.24, 2.45) is 0 Å². The predicted octanol–water partition coefficient (Wildman–Crippen LogP) is 2.85. The standard InChI is InChI=1S/C17H22N2O2/c1-13-11-15(21-18-13)12-19(9-10-20)17-8-4-6-14-5-2-3-7-16(14)17/h2-3,5,7,11,17,20H,4,6,8-10,12H2,1H3. The summed E-state index contributed by atoms with van der Waals surface area (Å²) in [5, 5.41) is 13.4. The molecule has 1 aromatic heterocycles. The highest BCUT2D eigenvalue weighted by Gasteiger charge is 2.26. The molecular formula is C17H22N2O2. The van der Waals surface area contributed by atoms with Gasteiger partial charge >= 0.3 is 0 Å². The number of aryl methyl sites for hydroxylation is 2. The third kappa shape index (κ3) is 3.17. The van der Waals surface area contributed by atoms with Crippen molar-refractivity contribution in [3.05, 3.63) is 52.9 Å². The van der Waals surface area contributed by atoms with Crippen molar-refractivity contribution in [1.82, 2.24) is 10.1 Å². The minimum absolute atomic E-state index is 0.159. The Hall–Kier alpha value is -1.65. The minimum atomic E-state index is 0.159. The van der Waals surface area contributed by atoms with Crippen LogP contribution in [-0.4, -0.2) is 28.3 Å². The van der Waals surface area contributed by atoms with Gasteiger partial charge in [0.1, 0.15) is 0 Å². The van der Waals surface area contributed by atoms with Crippen molar-refractivity contribution in [2.45, 2.75) is 38.8 Å². The van der Waals surface area contributed by atoms with E-state index in [0.29, 0.717) is 19.1 Å². The summed E-state index contributed by atoms with van der Waals surface area (Å²) in [4.78, 5) is 2.30. The predicted molar refractivity (Wildman–Crippen MR) is 80.9 cm³/mol. The molecule has 1 atom stereocenters. The molecule has 1 unspecified atom stereocenters. The summed E-state index contributed by atoms with van der Waals surface area (Å²) in [6.07, 6.45) is 3.48. The van der Waals surface area contributed by atoms with Crippen molar-refractivity contribution >= 4 is 0 Å². The summed E-state index contributed by atoms with van der Waals surface area (Å²) >= 11 is 0. The summed E-state index contributed by atoms with van der Waals surface area (Å²) in [5.41, 5.74) is 3.73. The smallest absolute Gasteiger partial charge is 0.150 e. The average molecular weight is 286 g/mol. The first kappa shape index (κ1) is 14.3. The molecule has 0 aliphatic heterocycles. The molecule has 0 fully saturated rings. The highest BCUT2D eigenvalue weighted by molar-refractivity contribution is 5.32. The van der Waals surface area contributed by atoms with E-state index < -0.39 is 0 Å². The quantitative estimate of drug-likeness (QED) is 0.918. The van der Waals surface area contributed by atoms with E-state index in [1.807, 2.05) is 13.0 Å². The molecule has 1 aromatic carbocycles. The van der Waals surface area contributed by atoms with Gasteiger partial charge in [-0.3, -0.25) is 4.90 Å². The maximum Gasteiger partial charge on any atom is 0.150 e. The van der Waals surface area contributed by atoms with Crippen molar-refractivity contribution in [3.8, 4) is 0 Å². The van der Waals surface area contributed by atoms with Crippen molar-refractivity contribution in [1.29, 1.82) is 0 Å². The Bertz CT molecular complexity index is 594. The van der Waals surface area contributed by atoms with Gasteiger partial charge in [-0.2, -0.15) is 0 Å². The Balaban J connectivity index is 1.84. The Kier molecular flexibility index (Phi) is 4.36. The lowest BCUT2D eigenvalue weighted by Gasteiger charge is -2.35. The molecule has 0 saturated heterocycles. The van der Waals surface area contributed by atoms with Gasteiger partial charge < -0.3 is 9.63 Å². The number of aliphatic hydroxyl groups is 1. The van der Waals surface area contributed by atoms with Gasteiger partial charge in [0.25, 0.3) is 0 Å². The fourth-order valence-corrected chi connectivity index (χ4v) is 3.27. The van der Waals surface area contributed by atoms with E-state index in [9.17, 15) is 5.11 Å². The number of hydrogen-bond acceptors (Lipinski definition) is 4. The van der Waals surface area contributed by atoms with Crippen LogP contribution in [0.2, 0.25) is 0 Å². The first-order valence-corrected chi connectivity index (χ1v) is 7.63. The number of nitrogens with zero attached hydrogens (tertiary/aromatic N) is 2. The molecule has 4 heteroatoms. The second kappa shape index (κ2) is 6.41. The maximum absolute atomic E-state index is 9.41. The van der Waals surface area contributed by atoms with Crippen molar-refractivity contribution in [3.63, 3.8) is 0 Å². The summed E-state index contributed by atoms with van der Waals surface area (Å²) in [5.74, 6) is 0.865. The normalized spacial score (nSPS) is 18.0. The number of aromatic nitrogens is 1. The van der Waals surface area contributed by atoms with Gasteiger partial charge in [-0.15, -0.1) is 0 Å². The monoisotopic (exact) mass is 286 g/mol. The molecule has 2 aromatic rings. The largest absolute Gasteiger partial charge is 0.395 e. The molecule has 3 rings (SSSR count). The van der Waals surface area contributed by atoms with Crippen molar-refractivity contribution in [2.75, 3.05) is 13.2 Å². The summed E-state index contributed by atoms with van der Waals surface area (Å²) < 4.78 is 5.35. The number of rotatable bonds is 5. The second-order valence-electron chi connectivity index (χ2n) is 5.74. The lowest BCUT2D eigenvalue weighted by atomic mass is 9.86. The molecule has 0 bridgehead atoms. The van der Waals surface area contributed by atoms with E-state index in [-0.39, 0.29) is 6.61 Å². The lowest BCUT2D eigenvalue weighted by Crippen LogP contribution is -2.33. The number of hydrogen-bond donors (Lipinski definition) is 1. The lowest BCUT2D eigenvalue weighted by molar-refractivity contribution is 0.120. The van der Waals surface area contributed by atoms with Crippen LogP contribution in [0.3, 0.4) is 0 Å². The highest BCUT2D eigenvalue weighted by Crippen LogP contribution is 2.34. The molecule has 0 amide bonds. The number of fused-ring (bicyclic) bond motifs is 1. The molecule has 4 nitrogen and oxygen atoms in total. The van der Waals surface area contributed by atoms with E-state index in [0.717, 1.165) is 24.3 Å². The highest BCUT2D eigenvalue weighted by atomic mass is 16.5. The molecule has 1 aliphatic rings. The second-order valence-corrected chi connectivity index (χ2v) is 5.74. The van der Waals surface area contributed by atoms with E-state index in [2.05, 4.69) is 34.3 Å². The summed E-state index contributed by atoms with van der Waals surface area (Å²) in [7, 11) is 0. The van der Waals surface area contributed by atoms with Crippen molar-refractivity contribution < 1.29 is 9.63 Å². The van der Waals surface area contributed by atoms with E-state index >= 15 is 0 Å². The van der Waals surface area contributed by atoms with Gasteiger partial charge in [0.05, 0.1) is 18.8 Å². The topological polar surface area (TPSA) is 49.5 Å². The molecule has 1 aliphatic carbocycles. The van der Waals surface area contributed by atoms with Gasteiger partial charge in [0, 0.05) is 18.7 Å². The van der Waals surface area contributed by atoms with Crippen LogP contribution in [0.25, 0.3) is 0 Å². The number of aliphatic hydroxyl groups excluding tert-OH is 1. The van der Waals surface area contributed by atoms with Gasteiger partial charge in [0.2, 0.25) is 0 Å². The van der Waals surface area contributed by atoms with Gasteiger partial charge in [0.15, 0.2) is 5.76 Å². The fraction of sp³-hybridized carbons (Fsp3) is 0.471. The molecule has 0 saturated carbocycles. The zero-order valence-electron chi connectivity index (χ0n) is 12.5. The molecule has 21 heavy (non-hydrogen) atoms. The third-order valence-corrected chi connectivity index (χ3v) is 4.20. The van der Waals surface area contributed by atoms with Crippen LogP contribution >= 0.6 is 0 Å². The molecule has 1 heterocycles. The van der Waals surface area contributed by atoms with Crippen LogP contribution in [0.1, 0.15) is 41.5 Å². The van der Waals surface area contributed by atoms with Crippen LogP contribution in [0.4, 0.5) is 0 Å². The Labute approximate surface area is 125 Å². The molecule has 0 radical (unpaired) electrons. The van der Waals surface area contributed by atoms with Crippen LogP contribution in [0.15, 0.2) is 34.9 Å². The zero-order valence-corrected chi connectivity index (χ0v) is 12.5. The Morgan fingerprint density at radius 1 is 1.38 bits per heavy atom. The average Bonchev–Trinajstić information content (AvgIpc) is 2.91. The van der Waals surface area contributed by atoms with Crippen LogP contribution in [0, 0.1) is 6.92 Å². The van der Waals surface area contributed by atoms with E-state index in [1.165, 1.54) is 17.5 Å². The van der Waals surface area contributed by atoms with Gasteiger partial charge in [-0.25, -0.2) is 0 Å². The van der Waals surface area contributed by atoms with Gasteiger partial charge in [-0.1, -0.05) is 29.4 Å². The minimum Gasteiger partial charge on any atom is -0.395 e. The SMILES string of the molecule is Cc1cc(CN(CCO)C2CCCc3ccccc32)on1. The first-order chi connectivity index (χ1) is 10.3. The maximum atomic E-state index is 9.41. The molecule has 0 spiro atoms. The zero-order chi connectivity index (χ0) is 14.7. The summed E-state index contributed by atoms with van der Waals surface area (Å²) in [6, 6.07) is 11.0. The molecular weight excluding hydrogens is 264 g/mol. The Morgan fingerprint density at radius 3 is 3.00 bits per heavy atom. The Morgan fingerprint density at radius 2 is 2.24 bits per heavy atom. The van der Waals surface area contributed by atoms with Crippen LogP contribution < -0.4 is 0 Å². The molecule has 1 N–H and O–H groups in total. The fourth-order valence-electron chi connectivity index (χ4n) is 3.27. The van der Waals surface area contributed by atoms with E-state index in [4.69, 9.17) is 4.52 Å². The van der Waals surface area contributed by atoms with Gasteiger partial charge in [-0.05, 0) is 37.3 Å². The molecule has 112 valence electrons. The van der Waals surface area contributed by atoms with Crippen LogP contribution in [-0.2, 0) is 13.0 Å². The number of benzene rings is 1. The third-order valence-electron chi connectivity index (χ3n) is 4.20. The first-order valence-electron chi connectivity index (χ1n) is 7.63. The van der Waals surface area contributed by atoms with Crippen LogP contribution in [0.5, 0.6) is 0 Å². The van der Waals surface area contributed by atoms with E-state index in [1.54, 1.807) is 0 Å².